The first kappa shape index (κ1) is 24.0. The average molecular weight is 482 g/mol. The smallest absolute Gasteiger partial charge is 0.375 e. The summed E-state index contributed by atoms with van der Waals surface area (Å²) in [7, 11) is 0. The largest absolute Gasteiger partial charge is 0.417 e. The number of nitrogens with zero attached hydrogens (tertiary/aromatic N) is 4. The van der Waals surface area contributed by atoms with Crippen molar-refractivity contribution in [2.45, 2.75) is 18.6 Å². The van der Waals surface area contributed by atoms with E-state index < -0.39 is 40.8 Å². The molecule has 0 amide bonds. The maximum Gasteiger partial charge on any atom is 0.417 e. The number of hydrogen-bond donors (Lipinski definition) is 1. The molecule has 1 aliphatic heterocycles. The molecular weight excluding hydrogens is 462 g/mol. The van der Waals surface area contributed by atoms with Crippen LogP contribution >= 0.6 is 0 Å². The molecule has 1 atom stereocenters. The van der Waals surface area contributed by atoms with Gasteiger partial charge in [0.2, 0.25) is 0 Å². The summed E-state index contributed by atoms with van der Waals surface area (Å²) in [5.41, 5.74) is -3.44. The number of aliphatic hydroxyl groups is 1. The Balaban J connectivity index is 1.84. The van der Waals surface area contributed by atoms with Crippen molar-refractivity contribution in [1.82, 2.24) is 14.9 Å². The number of aromatic nitrogens is 2. The van der Waals surface area contributed by atoms with Gasteiger partial charge in [0.1, 0.15) is 18.4 Å². The third-order valence-electron chi connectivity index (χ3n) is 5.78. The molecule has 0 bridgehead atoms. The zero-order valence-corrected chi connectivity index (χ0v) is 17.7. The lowest BCUT2D eigenvalue weighted by Gasteiger charge is -2.37. The van der Waals surface area contributed by atoms with Crippen molar-refractivity contribution in [3.8, 4) is 11.1 Å². The molecule has 0 aliphatic carbocycles. The fourth-order valence-electron chi connectivity index (χ4n) is 4.11. The molecule has 1 aliphatic rings. The predicted molar refractivity (Wildman–Crippen MR) is 115 cm³/mol. The Hall–Kier alpha value is -3.18. The second kappa shape index (κ2) is 8.88. The summed E-state index contributed by atoms with van der Waals surface area (Å²) in [6.45, 7) is 5.12. The number of benzene rings is 2. The molecule has 1 fully saturated rings. The molecule has 180 valence electrons. The van der Waals surface area contributed by atoms with E-state index in [1.807, 2.05) is 0 Å². The van der Waals surface area contributed by atoms with E-state index in [4.69, 9.17) is 0 Å². The minimum Gasteiger partial charge on any atom is -0.375 e. The summed E-state index contributed by atoms with van der Waals surface area (Å²) in [5.74, 6) is 0.249. The Morgan fingerprint density at radius 1 is 0.882 bits per heavy atom. The summed E-state index contributed by atoms with van der Waals surface area (Å²) in [6.07, 6.45) is -8.03. The molecule has 0 spiro atoms. The first-order valence-electron chi connectivity index (χ1n) is 10.3. The summed E-state index contributed by atoms with van der Waals surface area (Å²) in [6, 6.07) is 6.01. The molecule has 2 heterocycles. The maximum atomic E-state index is 14.1. The van der Waals surface area contributed by atoms with Gasteiger partial charge in [-0.15, -0.1) is 0 Å². The van der Waals surface area contributed by atoms with Crippen LogP contribution in [0.4, 0.5) is 32.2 Å². The first-order chi connectivity index (χ1) is 16.0. The summed E-state index contributed by atoms with van der Waals surface area (Å²) < 4.78 is 82.9. The van der Waals surface area contributed by atoms with Crippen LogP contribution in [0.1, 0.15) is 11.1 Å². The second-order valence-corrected chi connectivity index (χ2v) is 7.83. The van der Waals surface area contributed by atoms with E-state index in [0.29, 0.717) is 26.2 Å². The highest BCUT2D eigenvalue weighted by atomic mass is 19.4. The molecule has 11 heteroatoms. The number of alkyl halides is 6. The van der Waals surface area contributed by atoms with Crippen molar-refractivity contribution in [2.24, 2.45) is 0 Å². The molecule has 1 saturated heterocycles. The zero-order chi connectivity index (χ0) is 24.7. The standard InChI is InChI=1S/C23H20F6N4O/c1-2-20(34)32-7-9-33(10-8-32)21-16-11-18(23(27,28)29)15(12-19(16)30-13-31-21)14-5-3-4-6-17(14)22(24,25)26/h2-6,11-13,20,34H,1,7-10H2. The van der Waals surface area contributed by atoms with Crippen molar-refractivity contribution in [2.75, 3.05) is 31.1 Å². The lowest BCUT2D eigenvalue weighted by atomic mass is 9.93. The predicted octanol–water partition coefficient (Wildman–Crippen LogP) is 4.96. The van der Waals surface area contributed by atoms with Crippen LogP contribution in [-0.2, 0) is 12.4 Å². The number of hydrogen-bond acceptors (Lipinski definition) is 5. The van der Waals surface area contributed by atoms with Crippen LogP contribution < -0.4 is 4.90 Å². The minimum atomic E-state index is -4.91. The third-order valence-corrected chi connectivity index (χ3v) is 5.78. The maximum absolute atomic E-state index is 14.1. The van der Waals surface area contributed by atoms with Gasteiger partial charge in [-0.2, -0.15) is 26.3 Å². The Labute approximate surface area is 191 Å². The summed E-state index contributed by atoms with van der Waals surface area (Å²) >= 11 is 0. The average Bonchev–Trinajstić information content (AvgIpc) is 2.81. The molecule has 1 aromatic heterocycles. The van der Waals surface area contributed by atoms with Crippen molar-refractivity contribution < 1.29 is 31.4 Å². The molecule has 0 saturated carbocycles. The van der Waals surface area contributed by atoms with E-state index in [-0.39, 0.29) is 16.7 Å². The van der Waals surface area contributed by atoms with Crippen LogP contribution in [0.3, 0.4) is 0 Å². The molecule has 4 rings (SSSR count). The molecule has 3 aromatic rings. The third kappa shape index (κ3) is 4.58. The van der Waals surface area contributed by atoms with Crippen LogP contribution in [0.25, 0.3) is 22.0 Å². The van der Waals surface area contributed by atoms with Crippen LogP contribution in [0.2, 0.25) is 0 Å². The SMILES string of the molecule is C=CC(O)N1CCN(c2ncnc3cc(-c4ccccc4C(F)(F)F)c(C(F)(F)F)cc23)CC1. The number of anilines is 1. The monoisotopic (exact) mass is 482 g/mol. The van der Waals surface area contributed by atoms with Crippen LogP contribution in [0.15, 0.2) is 55.4 Å². The fourth-order valence-corrected chi connectivity index (χ4v) is 4.11. The van der Waals surface area contributed by atoms with E-state index >= 15 is 0 Å². The van der Waals surface area contributed by atoms with E-state index in [9.17, 15) is 31.4 Å². The minimum absolute atomic E-state index is 0.0841. The Bertz CT molecular complexity index is 1200. The summed E-state index contributed by atoms with van der Waals surface area (Å²) in [5, 5.41) is 10.00. The van der Waals surface area contributed by atoms with Gasteiger partial charge >= 0.3 is 12.4 Å². The molecule has 1 N–H and O–H groups in total. The number of aliphatic hydroxyl groups excluding tert-OH is 1. The van der Waals surface area contributed by atoms with Gasteiger partial charge in [0, 0.05) is 31.6 Å². The lowest BCUT2D eigenvalue weighted by molar-refractivity contribution is -0.139. The van der Waals surface area contributed by atoms with Crippen LogP contribution in [0.5, 0.6) is 0 Å². The summed E-state index contributed by atoms with van der Waals surface area (Å²) in [4.78, 5) is 11.7. The quantitative estimate of drug-likeness (QED) is 0.421. The normalized spacial score (nSPS) is 16.6. The van der Waals surface area contributed by atoms with E-state index in [1.165, 1.54) is 18.5 Å². The Kier molecular flexibility index (Phi) is 6.26. The highest BCUT2D eigenvalue weighted by Crippen LogP contribution is 2.44. The zero-order valence-electron chi connectivity index (χ0n) is 17.7. The lowest BCUT2D eigenvalue weighted by Crippen LogP contribution is -2.50. The number of rotatable bonds is 4. The number of halogens is 6. The van der Waals surface area contributed by atoms with Crippen LogP contribution in [-0.4, -0.2) is 52.4 Å². The molecule has 34 heavy (non-hydrogen) atoms. The number of fused-ring (bicyclic) bond motifs is 1. The topological polar surface area (TPSA) is 52.5 Å². The van der Waals surface area contributed by atoms with Gasteiger partial charge < -0.3 is 10.0 Å². The molecule has 1 unspecified atom stereocenters. The van der Waals surface area contributed by atoms with Crippen molar-refractivity contribution in [3.63, 3.8) is 0 Å². The molecular formula is C23H20F6N4O. The van der Waals surface area contributed by atoms with Crippen molar-refractivity contribution in [3.05, 3.63) is 66.5 Å². The highest BCUT2D eigenvalue weighted by Gasteiger charge is 2.39. The molecule has 2 aromatic carbocycles. The highest BCUT2D eigenvalue weighted by molar-refractivity contribution is 5.94. The Morgan fingerprint density at radius 3 is 2.15 bits per heavy atom. The van der Waals surface area contributed by atoms with Crippen molar-refractivity contribution in [1.29, 1.82) is 0 Å². The van der Waals surface area contributed by atoms with Gasteiger partial charge in [-0.1, -0.05) is 24.8 Å². The van der Waals surface area contributed by atoms with E-state index in [0.717, 1.165) is 30.3 Å². The second-order valence-electron chi connectivity index (χ2n) is 7.83. The first-order valence-corrected chi connectivity index (χ1v) is 10.3. The van der Waals surface area contributed by atoms with Gasteiger partial charge in [-0.3, -0.25) is 4.90 Å². The van der Waals surface area contributed by atoms with Gasteiger partial charge in [0.15, 0.2) is 0 Å². The van der Waals surface area contributed by atoms with E-state index in [1.54, 1.807) is 9.80 Å². The Morgan fingerprint density at radius 2 is 1.53 bits per heavy atom. The van der Waals surface area contributed by atoms with Gasteiger partial charge in [0.05, 0.1) is 16.6 Å². The number of piperazine rings is 1. The van der Waals surface area contributed by atoms with Crippen molar-refractivity contribution >= 4 is 16.7 Å². The van der Waals surface area contributed by atoms with Gasteiger partial charge in [-0.05, 0) is 35.4 Å². The van der Waals surface area contributed by atoms with Crippen LogP contribution in [0, 0.1) is 0 Å². The van der Waals surface area contributed by atoms with Gasteiger partial charge in [0.25, 0.3) is 0 Å². The van der Waals surface area contributed by atoms with Gasteiger partial charge in [-0.25, -0.2) is 9.97 Å². The van der Waals surface area contributed by atoms with E-state index in [2.05, 4.69) is 16.5 Å². The fraction of sp³-hybridized carbons (Fsp3) is 0.304. The molecule has 0 radical (unpaired) electrons. The molecule has 5 nitrogen and oxygen atoms in total.